The zero-order valence-corrected chi connectivity index (χ0v) is 11.2. The molecule has 2 N–H and O–H groups in total. The minimum atomic E-state index is -3.54. The predicted octanol–water partition coefficient (Wildman–Crippen LogP) is 1.62. The van der Waals surface area contributed by atoms with E-state index in [0.29, 0.717) is 13.1 Å². The molecule has 1 aromatic heterocycles. The summed E-state index contributed by atoms with van der Waals surface area (Å²) >= 11 is 0. The highest BCUT2D eigenvalue weighted by molar-refractivity contribution is 7.89. The number of nitrogens with zero attached hydrogens (tertiary/aromatic N) is 2. The smallest absolute Gasteiger partial charge is 0.262 e. The molecule has 0 aliphatic carbocycles. The van der Waals surface area contributed by atoms with Gasteiger partial charge in [0.2, 0.25) is 0 Å². The van der Waals surface area contributed by atoms with E-state index in [1.54, 1.807) is 12.1 Å². The predicted molar refractivity (Wildman–Crippen MR) is 70.5 cm³/mol. The molecular weight excluding hydrogens is 250 g/mol. The molecular formula is C12H19N3O2S. The van der Waals surface area contributed by atoms with E-state index in [-0.39, 0.29) is 10.7 Å². The monoisotopic (exact) mass is 269 g/mol. The second-order valence-electron chi connectivity index (χ2n) is 4.57. The Bertz CT molecular complexity index is 494. The number of rotatable bonds is 2. The summed E-state index contributed by atoms with van der Waals surface area (Å²) < 4.78 is 26.4. The standard InChI is InChI=1S/C12H19N3O2S/c13-11-7-6-8-14-12(11)18(16,17)15-9-4-2-1-3-5-10-15/h6-8H,1-5,9-10,13H2. The second-order valence-corrected chi connectivity index (χ2v) is 6.42. The quantitative estimate of drug-likeness (QED) is 0.885. The first-order chi connectivity index (χ1) is 8.62. The maximum atomic E-state index is 12.5. The Labute approximate surface area is 108 Å². The summed E-state index contributed by atoms with van der Waals surface area (Å²) in [4.78, 5) is 3.92. The fraction of sp³-hybridized carbons (Fsp3) is 0.583. The Balaban J connectivity index is 2.26. The fourth-order valence-electron chi connectivity index (χ4n) is 2.20. The first-order valence-corrected chi connectivity index (χ1v) is 7.77. The molecule has 5 nitrogen and oxygen atoms in total. The first-order valence-electron chi connectivity index (χ1n) is 6.33. The molecule has 1 aromatic rings. The summed E-state index contributed by atoms with van der Waals surface area (Å²) in [7, 11) is -3.54. The van der Waals surface area contributed by atoms with Gasteiger partial charge in [0.25, 0.3) is 10.0 Å². The van der Waals surface area contributed by atoms with Crippen molar-refractivity contribution in [1.82, 2.24) is 9.29 Å². The van der Waals surface area contributed by atoms with Gasteiger partial charge in [0, 0.05) is 19.3 Å². The van der Waals surface area contributed by atoms with Crippen molar-refractivity contribution in [3.8, 4) is 0 Å². The molecule has 0 spiro atoms. The average Bonchev–Trinajstić information content (AvgIpc) is 2.28. The molecule has 0 unspecified atom stereocenters. The highest BCUT2D eigenvalue weighted by atomic mass is 32.2. The molecule has 2 rings (SSSR count). The minimum absolute atomic E-state index is 0.00873. The molecule has 1 aliphatic heterocycles. The molecule has 0 bridgehead atoms. The third kappa shape index (κ3) is 2.81. The van der Waals surface area contributed by atoms with Crippen LogP contribution in [0.2, 0.25) is 0 Å². The lowest BCUT2D eigenvalue weighted by Crippen LogP contribution is -2.34. The van der Waals surface area contributed by atoms with Crippen LogP contribution in [-0.2, 0) is 10.0 Å². The summed E-state index contributed by atoms with van der Waals surface area (Å²) in [5.74, 6) is 0. The van der Waals surface area contributed by atoms with Crippen molar-refractivity contribution < 1.29 is 8.42 Å². The molecule has 18 heavy (non-hydrogen) atoms. The Morgan fingerprint density at radius 3 is 2.33 bits per heavy atom. The van der Waals surface area contributed by atoms with E-state index in [9.17, 15) is 8.42 Å². The lowest BCUT2D eigenvalue weighted by Gasteiger charge is -2.24. The lowest BCUT2D eigenvalue weighted by atomic mass is 10.1. The molecule has 1 saturated heterocycles. The van der Waals surface area contributed by atoms with Crippen LogP contribution in [0.5, 0.6) is 0 Å². The first kappa shape index (κ1) is 13.3. The van der Waals surface area contributed by atoms with Crippen LogP contribution in [0.3, 0.4) is 0 Å². The molecule has 2 heterocycles. The summed E-state index contributed by atoms with van der Waals surface area (Å²) in [6.45, 7) is 1.14. The van der Waals surface area contributed by atoms with Crippen molar-refractivity contribution in [1.29, 1.82) is 0 Å². The molecule has 1 fully saturated rings. The van der Waals surface area contributed by atoms with E-state index in [2.05, 4.69) is 4.98 Å². The average molecular weight is 269 g/mol. The highest BCUT2D eigenvalue weighted by Crippen LogP contribution is 2.22. The van der Waals surface area contributed by atoms with Crippen LogP contribution in [0, 0.1) is 0 Å². The number of hydrogen-bond acceptors (Lipinski definition) is 4. The zero-order valence-electron chi connectivity index (χ0n) is 10.4. The number of hydrogen-bond donors (Lipinski definition) is 1. The van der Waals surface area contributed by atoms with Gasteiger partial charge in [-0.3, -0.25) is 0 Å². The summed E-state index contributed by atoms with van der Waals surface area (Å²) in [6, 6.07) is 3.21. The van der Waals surface area contributed by atoms with Gasteiger partial charge in [-0.2, -0.15) is 4.31 Å². The van der Waals surface area contributed by atoms with E-state index in [1.807, 2.05) is 0 Å². The van der Waals surface area contributed by atoms with Crippen LogP contribution in [0.25, 0.3) is 0 Å². The number of nitrogen functional groups attached to an aromatic ring is 1. The van der Waals surface area contributed by atoms with E-state index in [4.69, 9.17) is 5.73 Å². The van der Waals surface area contributed by atoms with Crippen LogP contribution in [0.4, 0.5) is 5.69 Å². The van der Waals surface area contributed by atoms with Gasteiger partial charge in [-0.1, -0.05) is 19.3 Å². The molecule has 0 aromatic carbocycles. The van der Waals surface area contributed by atoms with E-state index in [1.165, 1.54) is 16.9 Å². The fourth-order valence-corrected chi connectivity index (χ4v) is 3.74. The van der Waals surface area contributed by atoms with Gasteiger partial charge in [-0.05, 0) is 25.0 Å². The third-order valence-electron chi connectivity index (χ3n) is 3.20. The van der Waals surface area contributed by atoms with E-state index < -0.39 is 10.0 Å². The summed E-state index contributed by atoms with van der Waals surface area (Å²) in [6.07, 6.45) is 6.65. The van der Waals surface area contributed by atoms with E-state index >= 15 is 0 Å². The lowest BCUT2D eigenvalue weighted by molar-refractivity contribution is 0.363. The highest BCUT2D eigenvalue weighted by Gasteiger charge is 2.27. The summed E-state index contributed by atoms with van der Waals surface area (Å²) in [5.41, 5.74) is 5.94. The van der Waals surface area contributed by atoms with Crippen LogP contribution in [-0.4, -0.2) is 30.8 Å². The third-order valence-corrected chi connectivity index (χ3v) is 5.07. The molecule has 0 saturated carbocycles. The second kappa shape index (κ2) is 5.67. The van der Waals surface area contributed by atoms with Gasteiger partial charge in [-0.25, -0.2) is 13.4 Å². The van der Waals surface area contributed by atoms with Crippen LogP contribution < -0.4 is 5.73 Å². The van der Waals surface area contributed by atoms with Crippen molar-refractivity contribution in [3.05, 3.63) is 18.3 Å². The van der Waals surface area contributed by atoms with Crippen molar-refractivity contribution >= 4 is 15.7 Å². The molecule has 100 valence electrons. The Morgan fingerprint density at radius 2 is 1.72 bits per heavy atom. The SMILES string of the molecule is Nc1cccnc1S(=O)(=O)N1CCCCCCC1. The molecule has 1 aliphatic rings. The molecule has 0 atom stereocenters. The Morgan fingerprint density at radius 1 is 1.11 bits per heavy atom. The normalized spacial score (nSPS) is 19.1. The van der Waals surface area contributed by atoms with Crippen LogP contribution in [0.15, 0.2) is 23.4 Å². The van der Waals surface area contributed by atoms with Crippen LogP contribution >= 0.6 is 0 Å². The largest absolute Gasteiger partial charge is 0.396 e. The van der Waals surface area contributed by atoms with Crippen molar-refractivity contribution in [3.63, 3.8) is 0 Å². The van der Waals surface area contributed by atoms with Gasteiger partial charge in [0.1, 0.15) is 0 Å². The maximum Gasteiger partial charge on any atom is 0.262 e. The Hall–Kier alpha value is -1.14. The summed E-state index contributed by atoms with van der Waals surface area (Å²) in [5, 5.41) is -0.00873. The number of anilines is 1. The molecule has 6 heteroatoms. The topological polar surface area (TPSA) is 76.3 Å². The number of sulfonamides is 1. The van der Waals surface area contributed by atoms with Crippen molar-refractivity contribution in [2.24, 2.45) is 0 Å². The van der Waals surface area contributed by atoms with Gasteiger partial charge >= 0.3 is 0 Å². The van der Waals surface area contributed by atoms with Crippen LogP contribution in [0.1, 0.15) is 32.1 Å². The Kier molecular flexibility index (Phi) is 4.19. The van der Waals surface area contributed by atoms with Gasteiger partial charge in [0.15, 0.2) is 5.03 Å². The number of pyridine rings is 1. The minimum Gasteiger partial charge on any atom is -0.396 e. The van der Waals surface area contributed by atoms with Gasteiger partial charge in [-0.15, -0.1) is 0 Å². The van der Waals surface area contributed by atoms with Gasteiger partial charge < -0.3 is 5.73 Å². The maximum absolute atomic E-state index is 12.5. The van der Waals surface area contributed by atoms with Crippen molar-refractivity contribution in [2.75, 3.05) is 18.8 Å². The van der Waals surface area contributed by atoms with Gasteiger partial charge in [0.05, 0.1) is 5.69 Å². The molecule has 0 radical (unpaired) electrons. The molecule has 0 amide bonds. The number of aromatic nitrogens is 1. The number of nitrogens with two attached hydrogens (primary N) is 1. The van der Waals surface area contributed by atoms with E-state index in [0.717, 1.165) is 25.7 Å². The van der Waals surface area contributed by atoms with Crippen molar-refractivity contribution in [2.45, 2.75) is 37.1 Å². The zero-order chi connectivity index (χ0) is 13.0.